The number of fused-ring (bicyclic) bond motifs is 1. The summed E-state index contributed by atoms with van der Waals surface area (Å²) in [4.78, 5) is 4.18. The van der Waals surface area contributed by atoms with Gasteiger partial charge < -0.3 is 9.84 Å². The van der Waals surface area contributed by atoms with Crippen molar-refractivity contribution >= 4 is 10.8 Å². The average molecular weight is 268 g/mol. The molecule has 1 N–H and O–H groups in total. The lowest BCUT2D eigenvalue weighted by Gasteiger charge is -2.35. The molecule has 0 spiro atoms. The number of benzene rings is 1. The van der Waals surface area contributed by atoms with E-state index in [9.17, 15) is 10.4 Å². The van der Waals surface area contributed by atoms with Crippen molar-refractivity contribution in [1.82, 2.24) is 4.98 Å². The van der Waals surface area contributed by atoms with E-state index >= 15 is 0 Å². The standard InChI is InChI=1S/C16H16N2O2/c17-10-16(6-3-7-20-11-16)15(19)14-9-18-8-12-4-1-2-5-13(12)14/h1-2,4-5,8-9,15,19H,3,6-7,11H2. The number of aliphatic hydroxyl groups is 1. The van der Waals surface area contributed by atoms with Crippen LogP contribution in [0.2, 0.25) is 0 Å². The molecule has 0 saturated carbocycles. The van der Waals surface area contributed by atoms with E-state index < -0.39 is 11.5 Å². The second kappa shape index (κ2) is 5.20. The van der Waals surface area contributed by atoms with Crippen LogP contribution in [0, 0.1) is 16.7 Å². The number of aromatic nitrogens is 1. The summed E-state index contributed by atoms with van der Waals surface area (Å²) >= 11 is 0. The van der Waals surface area contributed by atoms with Crippen molar-refractivity contribution in [3.05, 3.63) is 42.2 Å². The molecule has 3 rings (SSSR count). The summed E-state index contributed by atoms with van der Waals surface area (Å²) in [7, 11) is 0. The molecule has 2 aromatic rings. The Kier molecular flexibility index (Phi) is 3.39. The van der Waals surface area contributed by atoms with Gasteiger partial charge in [-0.2, -0.15) is 5.26 Å². The Labute approximate surface area is 117 Å². The largest absolute Gasteiger partial charge is 0.387 e. The van der Waals surface area contributed by atoms with Crippen LogP contribution in [-0.4, -0.2) is 23.3 Å². The van der Waals surface area contributed by atoms with Crippen molar-refractivity contribution in [2.45, 2.75) is 18.9 Å². The van der Waals surface area contributed by atoms with Crippen molar-refractivity contribution in [1.29, 1.82) is 5.26 Å². The van der Waals surface area contributed by atoms with Crippen LogP contribution in [0.15, 0.2) is 36.7 Å². The molecule has 1 aliphatic rings. The number of nitrogens with zero attached hydrogens (tertiary/aromatic N) is 2. The van der Waals surface area contributed by atoms with Crippen molar-refractivity contribution in [3.8, 4) is 6.07 Å². The van der Waals surface area contributed by atoms with Crippen LogP contribution in [0.25, 0.3) is 10.8 Å². The minimum Gasteiger partial charge on any atom is -0.387 e. The molecule has 1 fully saturated rings. The number of nitriles is 1. The quantitative estimate of drug-likeness (QED) is 0.909. The van der Waals surface area contributed by atoms with Crippen LogP contribution in [0.1, 0.15) is 24.5 Å². The number of ether oxygens (including phenoxy) is 1. The number of rotatable bonds is 2. The molecule has 1 aromatic heterocycles. The summed E-state index contributed by atoms with van der Waals surface area (Å²) < 4.78 is 5.43. The molecule has 0 bridgehead atoms. The van der Waals surface area contributed by atoms with Crippen molar-refractivity contribution in [2.24, 2.45) is 5.41 Å². The first-order chi connectivity index (χ1) is 9.77. The Morgan fingerprint density at radius 3 is 2.95 bits per heavy atom. The van der Waals surface area contributed by atoms with Gasteiger partial charge in [0.05, 0.1) is 12.7 Å². The zero-order valence-electron chi connectivity index (χ0n) is 11.1. The summed E-state index contributed by atoms with van der Waals surface area (Å²) in [5.74, 6) is 0. The van der Waals surface area contributed by atoms with Gasteiger partial charge in [-0.15, -0.1) is 0 Å². The highest BCUT2D eigenvalue weighted by Crippen LogP contribution is 2.42. The molecule has 4 nitrogen and oxygen atoms in total. The summed E-state index contributed by atoms with van der Waals surface area (Å²) in [5.41, 5.74) is -0.167. The summed E-state index contributed by atoms with van der Waals surface area (Å²) in [6.45, 7) is 0.928. The lowest BCUT2D eigenvalue weighted by molar-refractivity contribution is -0.0501. The van der Waals surface area contributed by atoms with E-state index in [1.807, 2.05) is 24.3 Å². The molecule has 1 aromatic carbocycles. The Hall–Kier alpha value is -1.96. The third kappa shape index (κ3) is 2.05. The maximum Gasteiger partial charge on any atom is 0.111 e. The van der Waals surface area contributed by atoms with Gasteiger partial charge in [-0.1, -0.05) is 24.3 Å². The van der Waals surface area contributed by atoms with Gasteiger partial charge in [0, 0.05) is 30.0 Å². The van der Waals surface area contributed by atoms with Gasteiger partial charge in [0.15, 0.2) is 0 Å². The zero-order valence-corrected chi connectivity index (χ0v) is 11.1. The Balaban J connectivity index is 2.08. The smallest absolute Gasteiger partial charge is 0.111 e. The number of hydrogen-bond donors (Lipinski definition) is 1. The molecule has 2 heterocycles. The zero-order chi connectivity index (χ0) is 14.0. The fourth-order valence-corrected chi connectivity index (χ4v) is 2.84. The molecule has 2 unspecified atom stereocenters. The average Bonchev–Trinajstić information content (AvgIpc) is 2.54. The molecule has 102 valence electrons. The van der Waals surface area contributed by atoms with Gasteiger partial charge >= 0.3 is 0 Å². The van der Waals surface area contributed by atoms with Crippen molar-refractivity contribution < 1.29 is 9.84 Å². The predicted octanol–water partition coefficient (Wildman–Crippen LogP) is 2.59. The van der Waals surface area contributed by atoms with E-state index in [0.717, 1.165) is 17.2 Å². The molecule has 2 atom stereocenters. The lowest BCUT2D eigenvalue weighted by Crippen LogP contribution is -2.36. The molecule has 0 amide bonds. The highest BCUT2D eigenvalue weighted by molar-refractivity contribution is 5.85. The van der Waals surface area contributed by atoms with Crippen LogP contribution < -0.4 is 0 Å². The van der Waals surface area contributed by atoms with E-state index in [0.29, 0.717) is 18.6 Å². The van der Waals surface area contributed by atoms with Crippen molar-refractivity contribution in [3.63, 3.8) is 0 Å². The van der Waals surface area contributed by atoms with Crippen LogP contribution in [-0.2, 0) is 4.74 Å². The highest BCUT2D eigenvalue weighted by Gasteiger charge is 2.41. The van der Waals surface area contributed by atoms with Gasteiger partial charge in [-0.05, 0) is 18.2 Å². The van der Waals surface area contributed by atoms with Crippen LogP contribution in [0.3, 0.4) is 0 Å². The van der Waals surface area contributed by atoms with Gasteiger partial charge in [0.1, 0.15) is 11.5 Å². The van der Waals surface area contributed by atoms with Crippen molar-refractivity contribution in [2.75, 3.05) is 13.2 Å². The minimum atomic E-state index is -0.883. The third-order valence-corrected chi connectivity index (χ3v) is 4.01. The first-order valence-corrected chi connectivity index (χ1v) is 6.76. The molecule has 1 aliphatic heterocycles. The molecule has 20 heavy (non-hydrogen) atoms. The highest BCUT2D eigenvalue weighted by atomic mass is 16.5. The minimum absolute atomic E-state index is 0.272. The van der Waals surface area contributed by atoms with E-state index in [4.69, 9.17) is 4.74 Å². The first kappa shape index (κ1) is 13.0. The fourth-order valence-electron chi connectivity index (χ4n) is 2.84. The normalized spacial score (nSPS) is 24.2. The van der Waals surface area contributed by atoms with Gasteiger partial charge in [-0.3, -0.25) is 4.98 Å². The Morgan fingerprint density at radius 2 is 2.20 bits per heavy atom. The molecule has 0 radical (unpaired) electrons. The van der Waals surface area contributed by atoms with Gasteiger partial charge in [0.25, 0.3) is 0 Å². The lowest BCUT2D eigenvalue weighted by atomic mass is 9.75. The predicted molar refractivity (Wildman–Crippen MR) is 74.8 cm³/mol. The maximum atomic E-state index is 10.8. The first-order valence-electron chi connectivity index (χ1n) is 6.76. The number of hydrogen-bond acceptors (Lipinski definition) is 4. The van der Waals surface area contributed by atoms with E-state index in [1.165, 1.54) is 0 Å². The summed E-state index contributed by atoms with van der Waals surface area (Å²) in [6, 6.07) is 10.0. The molecule has 0 aliphatic carbocycles. The second-order valence-electron chi connectivity index (χ2n) is 5.28. The fraction of sp³-hybridized carbons (Fsp3) is 0.375. The van der Waals surface area contributed by atoms with Crippen LogP contribution in [0.5, 0.6) is 0 Å². The molecular weight excluding hydrogens is 252 g/mol. The molecular formula is C16H16N2O2. The van der Waals surface area contributed by atoms with Crippen LogP contribution >= 0.6 is 0 Å². The molecule has 4 heteroatoms. The SMILES string of the molecule is N#CC1(C(O)c2cncc3ccccc23)CCCOC1. The van der Waals surface area contributed by atoms with E-state index in [-0.39, 0.29) is 6.61 Å². The summed E-state index contributed by atoms with van der Waals surface area (Å²) in [5, 5.41) is 22.2. The number of pyridine rings is 1. The third-order valence-electron chi connectivity index (χ3n) is 4.01. The number of aliphatic hydroxyl groups excluding tert-OH is 1. The Bertz CT molecular complexity index is 652. The maximum absolute atomic E-state index is 10.8. The monoisotopic (exact) mass is 268 g/mol. The summed E-state index contributed by atoms with van der Waals surface area (Å²) in [6.07, 6.45) is 3.98. The van der Waals surface area contributed by atoms with Gasteiger partial charge in [0.2, 0.25) is 0 Å². The molecule has 1 saturated heterocycles. The topological polar surface area (TPSA) is 66.1 Å². The van der Waals surface area contributed by atoms with Gasteiger partial charge in [-0.25, -0.2) is 0 Å². The second-order valence-corrected chi connectivity index (χ2v) is 5.28. The van der Waals surface area contributed by atoms with E-state index in [2.05, 4.69) is 11.1 Å². The van der Waals surface area contributed by atoms with Crippen LogP contribution in [0.4, 0.5) is 0 Å². The Morgan fingerprint density at radius 1 is 1.35 bits per heavy atom. The van der Waals surface area contributed by atoms with E-state index in [1.54, 1.807) is 12.4 Å².